The van der Waals surface area contributed by atoms with Crippen LogP contribution in [0.15, 0.2) is 59.5 Å². The molecule has 0 aromatic heterocycles. The minimum atomic E-state index is 0.664. The van der Waals surface area contributed by atoms with Crippen molar-refractivity contribution in [1.29, 1.82) is 0 Å². The van der Waals surface area contributed by atoms with Crippen LogP contribution in [0.1, 0.15) is 37.7 Å². The highest BCUT2D eigenvalue weighted by Crippen LogP contribution is 2.31. The van der Waals surface area contributed by atoms with E-state index in [1.54, 1.807) is 0 Å². The van der Waals surface area contributed by atoms with Crippen LogP contribution in [-0.2, 0) is 5.75 Å². The van der Waals surface area contributed by atoms with Gasteiger partial charge in [0, 0.05) is 22.4 Å². The fourth-order valence-electron chi connectivity index (χ4n) is 2.91. The zero-order chi connectivity index (χ0) is 14.3. The molecule has 110 valence electrons. The molecule has 1 fully saturated rings. The standard InChI is InChI=1S/C19H23NS/c1-3-9-16(10-4-1)15-21-19-14-8-7-13-18(19)20-17-11-5-2-6-12-17/h1,3-4,7-10,13-14,17,20H,2,5-6,11-12,15H2. The number of rotatable bonds is 5. The second-order valence-electron chi connectivity index (χ2n) is 5.75. The molecule has 1 N–H and O–H groups in total. The van der Waals surface area contributed by atoms with Crippen LogP contribution < -0.4 is 5.32 Å². The average Bonchev–Trinajstić information content (AvgIpc) is 2.56. The zero-order valence-corrected chi connectivity index (χ0v) is 13.2. The molecule has 2 aromatic rings. The predicted octanol–water partition coefficient (Wildman–Crippen LogP) is 5.72. The number of hydrogen-bond donors (Lipinski definition) is 1. The second-order valence-corrected chi connectivity index (χ2v) is 6.77. The van der Waals surface area contributed by atoms with Gasteiger partial charge in [-0.15, -0.1) is 11.8 Å². The molecule has 0 heterocycles. The van der Waals surface area contributed by atoms with Crippen molar-refractivity contribution < 1.29 is 0 Å². The first-order valence-electron chi connectivity index (χ1n) is 7.94. The first-order chi connectivity index (χ1) is 10.4. The van der Waals surface area contributed by atoms with Gasteiger partial charge >= 0.3 is 0 Å². The summed E-state index contributed by atoms with van der Waals surface area (Å²) >= 11 is 1.93. The van der Waals surface area contributed by atoms with E-state index in [0.717, 1.165) is 5.75 Å². The average molecular weight is 297 g/mol. The molecular formula is C19H23NS. The highest BCUT2D eigenvalue weighted by molar-refractivity contribution is 7.98. The fourth-order valence-corrected chi connectivity index (χ4v) is 3.89. The summed E-state index contributed by atoms with van der Waals surface area (Å²) in [5, 5.41) is 3.76. The first kappa shape index (κ1) is 14.5. The molecule has 0 aliphatic heterocycles. The Morgan fingerprint density at radius 2 is 1.57 bits per heavy atom. The Balaban J connectivity index is 1.64. The van der Waals surface area contributed by atoms with E-state index in [0.29, 0.717) is 6.04 Å². The molecular weight excluding hydrogens is 274 g/mol. The van der Waals surface area contributed by atoms with Crippen LogP contribution in [0.3, 0.4) is 0 Å². The van der Waals surface area contributed by atoms with Gasteiger partial charge < -0.3 is 5.32 Å². The topological polar surface area (TPSA) is 12.0 Å². The molecule has 21 heavy (non-hydrogen) atoms. The minimum absolute atomic E-state index is 0.664. The van der Waals surface area contributed by atoms with E-state index in [1.807, 2.05) is 11.8 Å². The van der Waals surface area contributed by atoms with E-state index >= 15 is 0 Å². The molecule has 3 rings (SSSR count). The van der Waals surface area contributed by atoms with Gasteiger partial charge in [0.05, 0.1) is 0 Å². The molecule has 0 amide bonds. The van der Waals surface area contributed by atoms with E-state index in [9.17, 15) is 0 Å². The Morgan fingerprint density at radius 3 is 2.38 bits per heavy atom. The Kier molecular flexibility index (Phi) is 5.23. The third-order valence-corrected chi connectivity index (χ3v) is 5.23. The van der Waals surface area contributed by atoms with Gasteiger partial charge in [0.15, 0.2) is 0 Å². The number of benzene rings is 2. The van der Waals surface area contributed by atoms with E-state index in [1.165, 1.54) is 48.3 Å². The van der Waals surface area contributed by atoms with E-state index in [2.05, 4.69) is 59.9 Å². The van der Waals surface area contributed by atoms with Crippen molar-refractivity contribution in [3.05, 3.63) is 60.2 Å². The van der Waals surface area contributed by atoms with Crippen molar-refractivity contribution in [3.8, 4) is 0 Å². The van der Waals surface area contributed by atoms with Crippen LogP contribution >= 0.6 is 11.8 Å². The molecule has 1 aliphatic carbocycles. The lowest BCUT2D eigenvalue weighted by Gasteiger charge is -2.25. The van der Waals surface area contributed by atoms with Gasteiger partial charge in [-0.25, -0.2) is 0 Å². The smallest absolute Gasteiger partial charge is 0.0480 e. The normalized spacial score (nSPS) is 15.8. The van der Waals surface area contributed by atoms with E-state index in [-0.39, 0.29) is 0 Å². The monoisotopic (exact) mass is 297 g/mol. The Bertz CT molecular complexity index is 547. The largest absolute Gasteiger partial charge is 0.381 e. The lowest BCUT2D eigenvalue weighted by atomic mass is 9.95. The molecule has 0 unspecified atom stereocenters. The number of nitrogens with one attached hydrogen (secondary N) is 1. The lowest BCUT2D eigenvalue weighted by Crippen LogP contribution is -2.22. The summed E-state index contributed by atoms with van der Waals surface area (Å²) in [4.78, 5) is 1.37. The maximum Gasteiger partial charge on any atom is 0.0480 e. The SMILES string of the molecule is c1ccc(CSc2ccccc2NC2CCCCC2)cc1. The van der Waals surface area contributed by atoms with Crippen LogP contribution in [0.5, 0.6) is 0 Å². The lowest BCUT2D eigenvalue weighted by molar-refractivity contribution is 0.462. The van der Waals surface area contributed by atoms with Gasteiger partial charge in [-0.2, -0.15) is 0 Å². The van der Waals surface area contributed by atoms with Crippen LogP contribution in [0, 0.1) is 0 Å². The van der Waals surface area contributed by atoms with Crippen molar-refractivity contribution in [2.24, 2.45) is 0 Å². The molecule has 0 atom stereocenters. The van der Waals surface area contributed by atoms with Gasteiger partial charge in [0.25, 0.3) is 0 Å². The molecule has 2 aromatic carbocycles. The van der Waals surface area contributed by atoms with Gasteiger partial charge in [-0.3, -0.25) is 0 Å². The first-order valence-corrected chi connectivity index (χ1v) is 8.93. The Labute approximate surface area is 132 Å². The molecule has 0 bridgehead atoms. The van der Waals surface area contributed by atoms with Crippen LogP contribution in [0.2, 0.25) is 0 Å². The molecule has 1 aliphatic rings. The third kappa shape index (κ3) is 4.28. The van der Waals surface area contributed by atoms with Gasteiger partial charge in [0.1, 0.15) is 0 Å². The van der Waals surface area contributed by atoms with E-state index in [4.69, 9.17) is 0 Å². The van der Waals surface area contributed by atoms with Gasteiger partial charge in [0.2, 0.25) is 0 Å². The molecule has 0 saturated heterocycles. The van der Waals surface area contributed by atoms with Gasteiger partial charge in [-0.05, 0) is 30.5 Å². The molecule has 0 radical (unpaired) electrons. The predicted molar refractivity (Wildman–Crippen MR) is 92.9 cm³/mol. The molecule has 1 saturated carbocycles. The zero-order valence-electron chi connectivity index (χ0n) is 12.4. The van der Waals surface area contributed by atoms with Crippen molar-refractivity contribution in [1.82, 2.24) is 0 Å². The van der Waals surface area contributed by atoms with Crippen molar-refractivity contribution in [2.75, 3.05) is 5.32 Å². The molecule has 1 nitrogen and oxygen atoms in total. The summed E-state index contributed by atoms with van der Waals surface area (Å²) in [6, 6.07) is 20.1. The van der Waals surface area contributed by atoms with Crippen LogP contribution in [-0.4, -0.2) is 6.04 Å². The Hall–Kier alpha value is -1.41. The summed E-state index contributed by atoms with van der Waals surface area (Å²) < 4.78 is 0. The summed E-state index contributed by atoms with van der Waals surface area (Å²) in [5.74, 6) is 1.03. The number of anilines is 1. The number of thioether (sulfide) groups is 1. The quantitative estimate of drug-likeness (QED) is 0.708. The number of para-hydroxylation sites is 1. The summed E-state index contributed by atoms with van der Waals surface area (Å²) in [7, 11) is 0. The van der Waals surface area contributed by atoms with Crippen molar-refractivity contribution >= 4 is 17.4 Å². The van der Waals surface area contributed by atoms with Crippen LogP contribution in [0.25, 0.3) is 0 Å². The summed E-state index contributed by atoms with van der Waals surface area (Å²) in [6.45, 7) is 0. The van der Waals surface area contributed by atoms with E-state index < -0.39 is 0 Å². The van der Waals surface area contributed by atoms with Gasteiger partial charge in [-0.1, -0.05) is 61.7 Å². The summed E-state index contributed by atoms with van der Waals surface area (Å²) in [6.07, 6.45) is 6.78. The van der Waals surface area contributed by atoms with Crippen LogP contribution in [0.4, 0.5) is 5.69 Å². The maximum atomic E-state index is 3.76. The second kappa shape index (κ2) is 7.56. The van der Waals surface area contributed by atoms with Crippen molar-refractivity contribution in [2.45, 2.75) is 48.8 Å². The fraction of sp³-hybridized carbons (Fsp3) is 0.368. The summed E-state index contributed by atoms with van der Waals surface area (Å²) in [5.41, 5.74) is 2.69. The minimum Gasteiger partial charge on any atom is -0.381 e. The van der Waals surface area contributed by atoms with Crippen molar-refractivity contribution in [3.63, 3.8) is 0 Å². The molecule has 2 heteroatoms. The maximum absolute atomic E-state index is 3.76. The Morgan fingerprint density at radius 1 is 0.857 bits per heavy atom. The number of hydrogen-bond acceptors (Lipinski definition) is 2. The molecule has 0 spiro atoms. The highest BCUT2D eigenvalue weighted by Gasteiger charge is 2.14. The third-order valence-electron chi connectivity index (χ3n) is 4.09. The highest BCUT2D eigenvalue weighted by atomic mass is 32.2.